The fraction of sp³-hybridized carbons (Fsp3) is 0.632. The molecule has 2 heterocycles. The molecule has 2 saturated heterocycles. The van der Waals surface area contributed by atoms with Crippen LogP contribution < -0.4 is 9.47 Å². The van der Waals surface area contributed by atoms with Gasteiger partial charge in [0.05, 0.1) is 32.0 Å². The van der Waals surface area contributed by atoms with Crippen molar-refractivity contribution < 1.29 is 27.4 Å². The number of rotatable bonds is 5. The van der Waals surface area contributed by atoms with Crippen LogP contribution in [-0.2, 0) is 14.9 Å². The zero-order valence-electron chi connectivity index (χ0n) is 17.3. The Balaban J connectivity index is 1.68. The van der Waals surface area contributed by atoms with Gasteiger partial charge < -0.3 is 19.1 Å². The highest BCUT2D eigenvalue weighted by molar-refractivity contribution is 7.86. The summed E-state index contributed by atoms with van der Waals surface area (Å²) in [6.45, 7) is 5.55. The summed E-state index contributed by atoms with van der Waals surface area (Å²) in [4.78, 5) is 14.6. The van der Waals surface area contributed by atoms with E-state index in [1.807, 2.05) is 13.8 Å². The molecule has 2 aliphatic heterocycles. The van der Waals surface area contributed by atoms with Crippen molar-refractivity contribution in [2.75, 3.05) is 53.5 Å². The average Bonchev–Trinajstić information content (AvgIpc) is 2.71. The SMILES string of the molecule is COc1cccc(C(=O)N2CCN(S(=O)(=O)N3C[C@H](C)O[C@@H](C)C3)CC2)c1OC. The molecule has 162 valence electrons. The fourth-order valence-corrected chi connectivity index (χ4v) is 5.58. The molecule has 0 N–H and O–H groups in total. The third-order valence-corrected chi connectivity index (χ3v) is 7.17. The molecule has 10 heteroatoms. The van der Waals surface area contributed by atoms with Crippen LogP contribution in [0.4, 0.5) is 0 Å². The Morgan fingerprint density at radius 3 is 2.17 bits per heavy atom. The molecule has 1 aromatic carbocycles. The fourth-order valence-electron chi connectivity index (χ4n) is 3.83. The summed E-state index contributed by atoms with van der Waals surface area (Å²) in [6.07, 6.45) is -0.283. The van der Waals surface area contributed by atoms with Crippen LogP contribution in [0.5, 0.6) is 11.5 Å². The highest BCUT2D eigenvalue weighted by atomic mass is 32.2. The van der Waals surface area contributed by atoms with Crippen molar-refractivity contribution in [1.29, 1.82) is 0 Å². The smallest absolute Gasteiger partial charge is 0.282 e. The Hall–Kier alpha value is -1.88. The molecule has 3 rings (SSSR count). The average molecular weight is 428 g/mol. The molecule has 0 bridgehead atoms. The lowest BCUT2D eigenvalue weighted by atomic mass is 10.1. The van der Waals surface area contributed by atoms with E-state index in [9.17, 15) is 13.2 Å². The van der Waals surface area contributed by atoms with Crippen molar-refractivity contribution >= 4 is 16.1 Å². The summed E-state index contributed by atoms with van der Waals surface area (Å²) >= 11 is 0. The van der Waals surface area contributed by atoms with Gasteiger partial charge in [-0.1, -0.05) is 6.07 Å². The number of hydrogen-bond donors (Lipinski definition) is 0. The van der Waals surface area contributed by atoms with Gasteiger partial charge in [-0.05, 0) is 26.0 Å². The molecule has 0 unspecified atom stereocenters. The van der Waals surface area contributed by atoms with Gasteiger partial charge in [0.2, 0.25) is 0 Å². The molecule has 2 fully saturated rings. The lowest BCUT2D eigenvalue weighted by molar-refractivity contribution is -0.0457. The zero-order chi connectivity index (χ0) is 21.2. The van der Waals surface area contributed by atoms with Gasteiger partial charge in [0.25, 0.3) is 16.1 Å². The standard InChI is InChI=1S/C19H29N3O6S/c1-14-12-22(13-15(2)28-14)29(24,25)21-10-8-20(9-11-21)19(23)16-6-5-7-17(26-3)18(16)27-4/h5-7,14-15H,8-13H2,1-4H3/t14-,15-/m0/s1. The molecule has 2 aliphatic rings. The highest BCUT2D eigenvalue weighted by Crippen LogP contribution is 2.31. The first-order valence-corrected chi connectivity index (χ1v) is 11.1. The van der Waals surface area contributed by atoms with Crippen molar-refractivity contribution in [3.8, 4) is 11.5 Å². The number of ether oxygens (including phenoxy) is 3. The topological polar surface area (TPSA) is 88.6 Å². The minimum atomic E-state index is -3.58. The highest BCUT2D eigenvalue weighted by Gasteiger charge is 2.37. The number of hydrogen-bond acceptors (Lipinski definition) is 6. The second kappa shape index (κ2) is 8.86. The molecule has 2 atom stereocenters. The Morgan fingerprint density at radius 1 is 1.00 bits per heavy atom. The number of amides is 1. The molecule has 0 aliphatic carbocycles. The Labute approximate surface area is 172 Å². The van der Waals surface area contributed by atoms with Crippen LogP contribution in [0.25, 0.3) is 0 Å². The molecule has 0 radical (unpaired) electrons. The minimum absolute atomic E-state index is 0.142. The molecule has 1 amide bonds. The molecule has 0 aromatic heterocycles. The first-order valence-electron chi connectivity index (χ1n) is 9.68. The molecule has 29 heavy (non-hydrogen) atoms. The number of morpholine rings is 1. The molecule has 1 aromatic rings. The van der Waals surface area contributed by atoms with E-state index >= 15 is 0 Å². The number of para-hydroxylation sites is 1. The van der Waals surface area contributed by atoms with E-state index in [0.29, 0.717) is 43.2 Å². The van der Waals surface area contributed by atoms with Crippen molar-refractivity contribution in [2.45, 2.75) is 26.1 Å². The van der Waals surface area contributed by atoms with Crippen molar-refractivity contribution in [3.63, 3.8) is 0 Å². The summed E-state index contributed by atoms with van der Waals surface area (Å²) < 4.78 is 45.2. The van der Waals surface area contributed by atoms with E-state index in [0.717, 1.165) is 0 Å². The zero-order valence-corrected chi connectivity index (χ0v) is 18.1. The molecular formula is C19H29N3O6S. The maximum atomic E-state index is 13.0. The summed E-state index contributed by atoms with van der Waals surface area (Å²) in [5.41, 5.74) is 0.402. The van der Waals surface area contributed by atoms with E-state index in [2.05, 4.69) is 0 Å². The number of benzene rings is 1. The predicted octanol–water partition coefficient (Wildman–Crippen LogP) is 0.816. The lowest BCUT2D eigenvalue weighted by Crippen LogP contribution is -2.57. The Morgan fingerprint density at radius 2 is 1.62 bits per heavy atom. The number of carbonyl (C=O) groups is 1. The van der Waals surface area contributed by atoms with Gasteiger partial charge in [-0.15, -0.1) is 0 Å². The Bertz CT molecular complexity index is 828. The van der Waals surface area contributed by atoms with Crippen molar-refractivity contribution in [1.82, 2.24) is 13.5 Å². The van der Waals surface area contributed by atoms with Gasteiger partial charge >= 0.3 is 0 Å². The summed E-state index contributed by atoms with van der Waals surface area (Å²) in [6, 6.07) is 5.14. The van der Waals surface area contributed by atoms with E-state index in [-0.39, 0.29) is 31.2 Å². The van der Waals surface area contributed by atoms with Crippen molar-refractivity contribution in [3.05, 3.63) is 23.8 Å². The molecule has 0 spiro atoms. The monoisotopic (exact) mass is 427 g/mol. The van der Waals surface area contributed by atoms with Crippen LogP contribution >= 0.6 is 0 Å². The number of piperazine rings is 1. The van der Waals surface area contributed by atoms with Crippen LogP contribution in [0.1, 0.15) is 24.2 Å². The minimum Gasteiger partial charge on any atom is -0.493 e. The van der Waals surface area contributed by atoms with Crippen LogP contribution in [0.3, 0.4) is 0 Å². The van der Waals surface area contributed by atoms with Crippen molar-refractivity contribution in [2.24, 2.45) is 0 Å². The molecule has 9 nitrogen and oxygen atoms in total. The largest absolute Gasteiger partial charge is 0.493 e. The van der Waals surface area contributed by atoms with Gasteiger partial charge in [-0.2, -0.15) is 17.0 Å². The van der Waals surface area contributed by atoms with Gasteiger partial charge in [0, 0.05) is 39.3 Å². The second-order valence-corrected chi connectivity index (χ2v) is 9.24. The summed E-state index contributed by atoms with van der Waals surface area (Å²) in [5.74, 6) is 0.660. The lowest BCUT2D eigenvalue weighted by Gasteiger charge is -2.40. The second-order valence-electron chi connectivity index (χ2n) is 7.31. The molecular weight excluding hydrogens is 398 g/mol. The Kier molecular flexibility index (Phi) is 6.67. The predicted molar refractivity (Wildman–Crippen MR) is 108 cm³/mol. The molecule has 0 saturated carbocycles. The third kappa shape index (κ3) is 4.50. The quantitative estimate of drug-likeness (QED) is 0.691. The van der Waals surface area contributed by atoms with Crippen LogP contribution in [0, 0.1) is 0 Å². The summed E-state index contributed by atoms with van der Waals surface area (Å²) in [5, 5.41) is 0. The first-order chi connectivity index (χ1) is 13.8. The third-order valence-electron chi connectivity index (χ3n) is 5.20. The summed E-state index contributed by atoms with van der Waals surface area (Å²) in [7, 11) is -0.578. The maximum Gasteiger partial charge on any atom is 0.282 e. The van der Waals surface area contributed by atoms with Crippen LogP contribution in [0.2, 0.25) is 0 Å². The van der Waals surface area contributed by atoms with Crippen LogP contribution in [-0.4, -0.2) is 93.5 Å². The number of methoxy groups -OCH3 is 2. The number of carbonyl (C=O) groups excluding carboxylic acids is 1. The van der Waals surface area contributed by atoms with Gasteiger partial charge in [0.15, 0.2) is 11.5 Å². The first kappa shape index (κ1) is 21.8. The number of nitrogens with zero attached hydrogens (tertiary/aromatic N) is 3. The normalized spacial score (nSPS) is 24.3. The van der Waals surface area contributed by atoms with Crippen LogP contribution in [0.15, 0.2) is 18.2 Å². The van der Waals surface area contributed by atoms with Gasteiger partial charge in [-0.25, -0.2) is 0 Å². The van der Waals surface area contributed by atoms with E-state index in [1.165, 1.54) is 22.8 Å². The van der Waals surface area contributed by atoms with E-state index < -0.39 is 10.2 Å². The van der Waals surface area contributed by atoms with Gasteiger partial charge in [-0.3, -0.25) is 4.79 Å². The van der Waals surface area contributed by atoms with Gasteiger partial charge in [0.1, 0.15) is 0 Å². The maximum absolute atomic E-state index is 13.0. The van der Waals surface area contributed by atoms with E-state index in [4.69, 9.17) is 14.2 Å². The van der Waals surface area contributed by atoms with E-state index in [1.54, 1.807) is 23.1 Å².